The van der Waals surface area contributed by atoms with Crippen molar-refractivity contribution in [2.75, 3.05) is 0 Å². The van der Waals surface area contributed by atoms with Gasteiger partial charge in [-0.2, -0.15) is 26.3 Å². The SMILES string of the molecule is CCC(C)NC(=O)C(F)(F)C(F)(F)C(F)(F)C(F)F. The molecule has 1 atom stereocenters. The first kappa shape index (κ1) is 17.9. The van der Waals surface area contributed by atoms with Crippen molar-refractivity contribution in [3.05, 3.63) is 0 Å². The van der Waals surface area contributed by atoms with E-state index in [2.05, 4.69) is 0 Å². The van der Waals surface area contributed by atoms with Gasteiger partial charge >= 0.3 is 24.2 Å². The number of carbonyl (C=O) groups is 1. The van der Waals surface area contributed by atoms with Crippen molar-refractivity contribution in [1.82, 2.24) is 5.32 Å². The Balaban J connectivity index is 5.33. The van der Waals surface area contributed by atoms with E-state index in [0.29, 0.717) is 0 Å². The number of hydrogen-bond acceptors (Lipinski definition) is 1. The highest BCUT2D eigenvalue weighted by Crippen LogP contribution is 2.48. The Bertz CT molecular complexity index is 330. The zero-order valence-electron chi connectivity index (χ0n) is 9.79. The Hall–Kier alpha value is -1.09. The maximum absolute atomic E-state index is 13.0. The fraction of sp³-hybridized carbons (Fsp3) is 0.889. The summed E-state index contributed by atoms with van der Waals surface area (Å²) in [5.41, 5.74) is 0. The highest BCUT2D eigenvalue weighted by molar-refractivity contribution is 5.85. The highest BCUT2D eigenvalue weighted by atomic mass is 19.4. The van der Waals surface area contributed by atoms with Gasteiger partial charge in [0.1, 0.15) is 0 Å². The molecular formula is C9H11F8NO. The molecule has 19 heavy (non-hydrogen) atoms. The Morgan fingerprint density at radius 3 is 1.84 bits per heavy atom. The van der Waals surface area contributed by atoms with E-state index in [0.717, 1.165) is 6.92 Å². The Morgan fingerprint density at radius 2 is 1.53 bits per heavy atom. The van der Waals surface area contributed by atoms with Crippen LogP contribution in [0.5, 0.6) is 0 Å². The van der Waals surface area contributed by atoms with Gasteiger partial charge in [-0.25, -0.2) is 8.78 Å². The maximum atomic E-state index is 13.0. The van der Waals surface area contributed by atoms with Gasteiger partial charge in [0.05, 0.1) is 0 Å². The molecule has 0 spiro atoms. The number of rotatable bonds is 6. The zero-order valence-corrected chi connectivity index (χ0v) is 9.79. The van der Waals surface area contributed by atoms with E-state index in [1.807, 2.05) is 0 Å². The number of alkyl halides is 8. The van der Waals surface area contributed by atoms with Gasteiger partial charge in [-0.05, 0) is 13.3 Å². The first-order chi connectivity index (χ1) is 8.32. The van der Waals surface area contributed by atoms with Crippen molar-refractivity contribution >= 4 is 5.91 Å². The van der Waals surface area contributed by atoms with E-state index in [-0.39, 0.29) is 6.42 Å². The first-order valence-electron chi connectivity index (χ1n) is 5.04. The van der Waals surface area contributed by atoms with Gasteiger partial charge in [-0.15, -0.1) is 0 Å². The van der Waals surface area contributed by atoms with Gasteiger partial charge in [-0.3, -0.25) is 4.79 Å². The summed E-state index contributed by atoms with van der Waals surface area (Å²) in [5.74, 6) is -21.5. The molecule has 0 radical (unpaired) electrons. The van der Waals surface area contributed by atoms with Crippen LogP contribution in [0.2, 0.25) is 0 Å². The summed E-state index contributed by atoms with van der Waals surface area (Å²) in [6, 6.07) is -1.01. The van der Waals surface area contributed by atoms with E-state index < -0.39 is 36.1 Å². The van der Waals surface area contributed by atoms with E-state index in [1.165, 1.54) is 12.2 Å². The standard InChI is InChI=1S/C9H11F8NO/c1-3-4(2)18-6(19)8(14,15)9(16,17)7(12,13)5(10)11/h4-5H,3H2,1-2H3,(H,18,19). The molecule has 0 heterocycles. The molecule has 0 saturated heterocycles. The third-order valence-corrected chi connectivity index (χ3v) is 2.36. The predicted octanol–water partition coefficient (Wildman–Crippen LogP) is 3.07. The van der Waals surface area contributed by atoms with Crippen molar-refractivity contribution in [2.24, 2.45) is 0 Å². The molecule has 10 heteroatoms. The van der Waals surface area contributed by atoms with Gasteiger partial charge < -0.3 is 5.32 Å². The van der Waals surface area contributed by atoms with Crippen molar-refractivity contribution in [3.8, 4) is 0 Å². The van der Waals surface area contributed by atoms with Crippen LogP contribution in [0, 0.1) is 0 Å². The molecule has 0 aromatic heterocycles. The van der Waals surface area contributed by atoms with Crippen LogP contribution in [-0.4, -0.2) is 36.1 Å². The molecule has 1 unspecified atom stereocenters. The predicted molar refractivity (Wildman–Crippen MR) is 48.7 cm³/mol. The third kappa shape index (κ3) is 3.08. The lowest BCUT2D eigenvalue weighted by molar-refractivity contribution is -0.327. The Kier molecular flexibility index (Phi) is 5.18. The van der Waals surface area contributed by atoms with Crippen LogP contribution in [0.25, 0.3) is 0 Å². The normalized spacial score (nSPS) is 15.5. The molecule has 0 aliphatic heterocycles. The number of hydrogen-bond donors (Lipinski definition) is 1. The number of nitrogens with one attached hydrogen (secondary N) is 1. The minimum absolute atomic E-state index is 0.0542. The molecule has 0 aliphatic carbocycles. The maximum Gasteiger partial charge on any atom is 0.392 e. The van der Waals surface area contributed by atoms with Crippen molar-refractivity contribution in [2.45, 2.75) is 50.5 Å². The van der Waals surface area contributed by atoms with E-state index in [1.54, 1.807) is 0 Å². The molecule has 0 rings (SSSR count). The fourth-order valence-corrected chi connectivity index (χ4v) is 0.905. The largest absolute Gasteiger partial charge is 0.392 e. The van der Waals surface area contributed by atoms with Crippen LogP contribution in [0.15, 0.2) is 0 Å². The van der Waals surface area contributed by atoms with Crippen molar-refractivity contribution in [1.29, 1.82) is 0 Å². The van der Waals surface area contributed by atoms with Crippen LogP contribution in [0.4, 0.5) is 35.1 Å². The molecule has 0 fully saturated rings. The Morgan fingerprint density at radius 1 is 1.11 bits per heavy atom. The highest BCUT2D eigenvalue weighted by Gasteiger charge is 2.78. The number of amides is 1. The van der Waals surface area contributed by atoms with Crippen molar-refractivity contribution in [3.63, 3.8) is 0 Å². The average Bonchev–Trinajstić information content (AvgIpc) is 2.27. The first-order valence-corrected chi connectivity index (χ1v) is 5.04. The molecule has 2 nitrogen and oxygen atoms in total. The van der Waals surface area contributed by atoms with E-state index >= 15 is 0 Å². The summed E-state index contributed by atoms with van der Waals surface area (Å²) < 4.78 is 99.9. The monoisotopic (exact) mass is 301 g/mol. The summed E-state index contributed by atoms with van der Waals surface area (Å²) in [4.78, 5) is 10.8. The molecule has 0 aromatic rings. The smallest absolute Gasteiger partial charge is 0.348 e. The average molecular weight is 301 g/mol. The van der Waals surface area contributed by atoms with Crippen LogP contribution in [-0.2, 0) is 4.79 Å². The Labute approximate surface area is 103 Å². The van der Waals surface area contributed by atoms with E-state index in [4.69, 9.17) is 0 Å². The number of carbonyl (C=O) groups excluding carboxylic acids is 1. The van der Waals surface area contributed by atoms with Gasteiger partial charge in [0.2, 0.25) is 0 Å². The summed E-state index contributed by atoms with van der Waals surface area (Å²) in [5, 5.41) is 1.34. The van der Waals surface area contributed by atoms with Crippen LogP contribution >= 0.6 is 0 Å². The van der Waals surface area contributed by atoms with Gasteiger partial charge in [0, 0.05) is 6.04 Å². The molecule has 114 valence electrons. The topological polar surface area (TPSA) is 29.1 Å². The van der Waals surface area contributed by atoms with Crippen LogP contribution in [0.3, 0.4) is 0 Å². The van der Waals surface area contributed by atoms with Gasteiger partial charge in [-0.1, -0.05) is 6.92 Å². The molecule has 0 aliphatic rings. The number of halogens is 8. The van der Waals surface area contributed by atoms with Gasteiger partial charge in [0.25, 0.3) is 5.91 Å². The summed E-state index contributed by atoms with van der Waals surface area (Å²) >= 11 is 0. The zero-order chi connectivity index (χ0) is 15.6. The molecular weight excluding hydrogens is 290 g/mol. The minimum Gasteiger partial charge on any atom is -0.348 e. The summed E-state index contributed by atoms with van der Waals surface area (Å²) in [6.07, 6.45) is -4.98. The molecule has 1 N–H and O–H groups in total. The molecule has 1 amide bonds. The van der Waals surface area contributed by atoms with Crippen LogP contribution < -0.4 is 5.32 Å². The second-order valence-electron chi connectivity index (χ2n) is 3.86. The lowest BCUT2D eigenvalue weighted by Crippen LogP contribution is -2.63. The quantitative estimate of drug-likeness (QED) is 0.751. The van der Waals surface area contributed by atoms with Gasteiger partial charge in [0.15, 0.2) is 0 Å². The lowest BCUT2D eigenvalue weighted by atomic mass is 10.0. The molecule has 0 saturated carbocycles. The summed E-state index contributed by atoms with van der Waals surface area (Å²) in [6.45, 7) is 2.55. The van der Waals surface area contributed by atoms with Crippen LogP contribution in [0.1, 0.15) is 20.3 Å². The molecule has 0 aromatic carbocycles. The summed E-state index contributed by atoms with van der Waals surface area (Å²) in [7, 11) is 0. The van der Waals surface area contributed by atoms with Crippen molar-refractivity contribution < 1.29 is 39.9 Å². The third-order valence-electron chi connectivity index (χ3n) is 2.36. The second-order valence-corrected chi connectivity index (χ2v) is 3.86. The van der Waals surface area contributed by atoms with E-state index in [9.17, 15) is 39.9 Å². The minimum atomic E-state index is -6.51. The second kappa shape index (κ2) is 5.49. The fourth-order valence-electron chi connectivity index (χ4n) is 0.905. The lowest BCUT2D eigenvalue weighted by Gasteiger charge is -2.31. The molecule has 0 bridgehead atoms.